The molecule has 3 heterocycles. The first kappa shape index (κ1) is 18.3. The zero-order chi connectivity index (χ0) is 19.3. The minimum Gasteiger partial charge on any atom is -0.291 e. The van der Waals surface area contributed by atoms with Gasteiger partial charge in [-0.1, -0.05) is 18.2 Å². The second kappa shape index (κ2) is 8.31. The average molecular weight is 376 g/mol. The van der Waals surface area contributed by atoms with Gasteiger partial charge in [0.25, 0.3) is 5.91 Å². The molecule has 3 aromatic rings. The van der Waals surface area contributed by atoms with Gasteiger partial charge in [0.15, 0.2) is 0 Å². The normalized spacial score (nSPS) is 17.0. The van der Waals surface area contributed by atoms with Crippen molar-refractivity contribution in [2.24, 2.45) is 0 Å². The van der Waals surface area contributed by atoms with Crippen molar-refractivity contribution < 1.29 is 4.79 Å². The maximum absolute atomic E-state index is 12.5. The Balaban J connectivity index is 1.41. The van der Waals surface area contributed by atoms with Crippen LogP contribution in [0.25, 0.3) is 0 Å². The third-order valence-corrected chi connectivity index (χ3v) is 5.14. The highest BCUT2D eigenvalue weighted by Gasteiger charge is 2.26. The first-order chi connectivity index (χ1) is 13.7. The first-order valence-electron chi connectivity index (χ1n) is 9.67. The number of pyridine rings is 1. The Hall–Kier alpha value is -3.06. The summed E-state index contributed by atoms with van der Waals surface area (Å²) in [6.45, 7) is 4.53. The van der Waals surface area contributed by atoms with E-state index in [9.17, 15) is 4.79 Å². The van der Waals surface area contributed by atoms with Crippen LogP contribution >= 0.6 is 0 Å². The molecule has 1 saturated heterocycles. The third-order valence-electron chi connectivity index (χ3n) is 5.14. The highest BCUT2D eigenvalue weighted by Crippen LogP contribution is 2.31. The fourth-order valence-electron chi connectivity index (χ4n) is 3.69. The Bertz CT molecular complexity index is 922. The zero-order valence-corrected chi connectivity index (χ0v) is 16.0. The predicted molar refractivity (Wildman–Crippen MR) is 107 cm³/mol. The van der Waals surface area contributed by atoms with Gasteiger partial charge in [-0.15, -0.1) is 0 Å². The highest BCUT2D eigenvalue weighted by atomic mass is 16.1. The summed E-state index contributed by atoms with van der Waals surface area (Å²) >= 11 is 0. The quantitative estimate of drug-likeness (QED) is 0.714. The van der Waals surface area contributed by atoms with Gasteiger partial charge in [-0.3, -0.25) is 20.0 Å². The molecule has 0 spiro atoms. The first-order valence-corrected chi connectivity index (χ1v) is 9.67. The fraction of sp³-hybridized carbons (Fsp3) is 0.333. The molecule has 1 fully saturated rings. The van der Waals surface area contributed by atoms with Crippen molar-refractivity contribution in [3.8, 4) is 0 Å². The largest absolute Gasteiger partial charge is 0.291 e. The predicted octanol–water partition coefficient (Wildman–Crippen LogP) is 3.28. The number of nitrogens with one attached hydrogen (secondary N) is 1. The number of amides is 1. The van der Waals surface area contributed by atoms with Crippen LogP contribution in [0.4, 0.5) is 5.95 Å². The summed E-state index contributed by atoms with van der Waals surface area (Å²) in [4.78, 5) is 23.5. The molecular weight excluding hydrogens is 352 g/mol. The fourth-order valence-corrected chi connectivity index (χ4v) is 3.69. The number of hydrogen-bond donors (Lipinski definition) is 1. The Kier molecular flexibility index (Phi) is 5.43. The van der Waals surface area contributed by atoms with Gasteiger partial charge in [-0.05, 0) is 56.1 Å². The maximum Gasteiger partial charge on any atom is 0.258 e. The number of anilines is 1. The van der Waals surface area contributed by atoms with Crippen LogP contribution < -0.4 is 5.32 Å². The SMILES string of the molecule is CCn1ncnc1NC(=O)c1ccc(CN2CCCC2c2ccccn2)cc1. The number of aromatic nitrogens is 4. The van der Waals surface area contributed by atoms with Crippen molar-refractivity contribution in [1.82, 2.24) is 24.6 Å². The molecule has 0 bridgehead atoms. The average Bonchev–Trinajstić information content (AvgIpc) is 3.38. The van der Waals surface area contributed by atoms with Crippen LogP contribution in [0.3, 0.4) is 0 Å². The molecule has 1 atom stereocenters. The molecule has 0 radical (unpaired) electrons. The van der Waals surface area contributed by atoms with Crippen LogP contribution in [0, 0.1) is 0 Å². The second-order valence-electron chi connectivity index (χ2n) is 6.93. The topological polar surface area (TPSA) is 75.9 Å². The van der Waals surface area contributed by atoms with Crippen molar-refractivity contribution in [1.29, 1.82) is 0 Å². The van der Waals surface area contributed by atoms with Crippen molar-refractivity contribution in [2.75, 3.05) is 11.9 Å². The minimum atomic E-state index is -0.179. The van der Waals surface area contributed by atoms with Crippen LogP contribution in [-0.4, -0.2) is 37.1 Å². The summed E-state index contributed by atoms with van der Waals surface area (Å²) in [6, 6.07) is 14.2. The van der Waals surface area contributed by atoms with Gasteiger partial charge < -0.3 is 0 Å². The van der Waals surface area contributed by atoms with E-state index in [1.165, 1.54) is 18.3 Å². The summed E-state index contributed by atoms with van der Waals surface area (Å²) in [6.07, 6.45) is 5.62. The molecule has 0 saturated carbocycles. The van der Waals surface area contributed by atoms with E-state index in [2.05, 4.69) is 31.3 Å². The van der Waals surface area contributed by atoms with Gasteiger partial charge in [0.05, 0.1) is 11.7 Å². The van der Waals surface area contributed by atoms with E-state index in [0.29, 0.717) is 24.1 Å². The molecule has 28 heavy (non-hydrogen) atoms. The Morgan fingerprint density at radius 2 is 2.04 bits per heavy atom. The van der Waals surface area contributed by atoms with E-state index >= 15 is 0 Å². The van der Waals surface area contributed by atoms with E-state index < -0.39 is 0 Å². The van der Waals surface area contributed by atoms with Gasteiger partial charge in [0.1, 0.15) is 6.33 Å². The Labute approximate surface area is 164 Å². The van der Waals surface area contributed by atoms with Gasteiger partial charge >= 0.3 is 0 Å². The number of rotatable bonds is 6. The van der Waals surface area contributed by atoms with E-state index in [-0.39, 0.29) is 5.91 Å². The van der Waals surface area contributed by atoms with Crippen LogP contribution in [0.1, 0.15) is 47.4 Å². The zero-order valence-electron chi connectivity index (χ0n) is 16.0. The number of carbonyl (C=O) groups excluding carboxylic acids is 1. The van der Waals surface area contributed by atoms with Crippen molar-refractivity contribution in [3.05, 3.63) is 71.8 Å². The van der Waals surface area contributed by atoms with Crippen molar-refractivity contribution in [3.63, 3.8) is 0 Å². The van der Waals surface area contributed by atoms with Crippen LogP contribution in [0.15, 0.2) is 55.0 Å². The summed E-state index contributed by atoms with van der Waals surface area (Å²) < 4.78 is 1.65. The monoisotopic (exact) mass is 376 g/mol. The molecule has 4 rings (SSSR count). The molecule has 7 nitrogen and oxygen atoms in total. The van der Waals surface area contributed by atoms with Crippen molar-refractivity contribution >= 4 is 11.9 Å². The third kappa shape index (κ3) is 3.94. The highest BCUT2D eigenvalue weighted by molar-refractivity contribution is 6.03. The molecular formula is C21H24N6O. The molecule has 2 aromatic heterocycles. The number of nitrogens with zero attached hydrogens (tertiary/aromatic N) is 5. The lowest BCUT2D eigenvalue weighted by molar-refractivity contribution is 0.102. The summed E-state index contributed by atoms with van der Waals surface area (Å²) in [5.74, 6) is 0.286. The molecule has 0 aliphatic carbocycles. The number of hydrogen-bond acceptors (Lipinski definition) is 5. The second-order valence-corrected chi connectivity index (χ2v) is 6.93. The molecule has 1 amide bonds. The van der Waals surface area contributed by atoms with Crippen LogP contribution in [0.2, 0.25) is 0 Å². The van der Waals surface area contributed by atoms with Crippen LogP contribution in [-0.2, 0) is 13.1 Å². The Morgan fingerprint density at radius 3 is 2.79 bits per heavy atom. The lowest BCUT2D eigenvalue weighted by Gasteiger charge is -2.24. The summed E-state index contributed by atoms with van der Waals surface area (Å²) in [5.41, 5.74) is 2.93. The van der Waals surface area contributed by atoms with E-state index in [0.717, 1.165) is 25.2 Å². The summed E-state index contributed by atoms with van der Waals surface area (Å²) in [7, 11) is 0. The molecule has 1 aromatic carbocycles. The number of aryl methyl sites for hydroxylation is 1. The summed E-state index contributed by atoms with van der Waals surface area (Å²) in [5, 5.41) is 6.88. The minimum absolute atomic E-state index is 0.179. The van der Waals surface area contributed by atoms with Gasteiger partial charge in [-0.25, -0.2) is 4.68 Å². The number of likely N-dealkylation sites (tertiary alicyclic amines) is 1. The maximum atomic E-state index is 12.5. The van der Waals surface area contributed by atoms with E-state index in [1.807, 2.05) is 49.5 Å². The number of benzene rings is 1. The van der Waals surface area contributed by atoms with E-state index in [4.69, 9.17) is 0 Å². The lowest BCUT2D eigenvalue weighted by Crippen LogP contribution is -2.23. The van der Waals surface area contributed by atoms with Gasteiger partial charge in [0, 0.05) is 24.8 Å². The molecule has 144 valence electrons. The number of carbonyl (C=O) groups is 1. The van der Waals surface area contributed by atoms with Crippen molar-refractivity contribution in [2.45, 2.75) is 38.9 Å². The standard InChI is InChI=1S/C21H24N6O/c1-2-27-21(23-15-24-27)25-20(28)17-10-8-16(9-11-17)14-26-13-5-7-19(26)18-6-3-4-12-22-18/h3-4,6,8-12,15,19H,2,5,7,13-14H2,1H3,(H,23,24,25,28). The lowest BCUT2D eigenvalue weighted by atomic mass is 10.1. The molecule has 7 heteroatoms. The van der Waals surface area contributed by atoms with Gasteiger partial charge in [0.2, 0.25) is 5.95 Å². The smallest absolute Gasteiger partial charge is 0.258 e. The van der Waals surface area contributed by atoms with Gasteiger partial charge in [-0.2, -0.15) is 10.1 Å². The Morgan fingerprint density at radius 1 is 1.18 bits per heavy atom. The molecule has 1 unspecified atom stereocenters. The molecule has 1 aliphatic heterocycles. The van der Waals surface area contributed by atoms with Crippen LogP contribution in [0.5, 0.6) is 0 Å². The molecule has 1 aliphatic rings. The molecule has 1 N–H and O–H groups in total. The van der Waals surface area contributed by atoms with E-state index in [1.54, 1.807) is 4.68 Å².